The monoisotopic (exact) mass is 322 g/mol. The third kappa shape index (κ3) is 2.57. The van der Waals surface area contributed by atoms with E-state index in [0.717, 1.165) is 10.9 Å². The molecular formula is C13H11ClN4O2S. The highest BCUT2D eigenvalue weighted by atomic mass is 35.5. The summed E-state index contributed by atoms with van der Waals surface area (Å²) in [5, 5.41) is 0.681. The number of fused-ring (bicyclic) bond motifs is 1. The van der Waals surface area contributed by atoms with Crippen molar-refractivity contribution < 1.29 is 8.42 Å². The van der Waals surface area contributed by atoms with Crippen molar-refractivity contribution in [1.29, 1.82) is 0 Å². The van der Waals surface area contributed by atoms with Crippen molar-refractivity contribution in [2.24, 2.45) is 7.05 Å². The molecule has 0 radical (unpaired) electrons. The van der Waals surface area contributed by atoms with Gasteiger partial charge in [0.2, 0.25) is 5.03 Å². The number of imidazole rings is 1. The zero-order chi connectivity index (χ0) is 15.0. The fourth-order valence-electron chi connectivity index (χ4n) is 1.90. The highest BCUT2D eigenvalue weighted by molar-refractivity contribution is 7.92. The molecule has 0 aliphatic heterocycles. The number of aryl methyl sites for hydroxylation is 1. The molecule has 21 heavy (non-hydrogen) atoms. The van der Waals surface area contributed by atoms with Gasteiger partial charge in [0.15, 0.2) is 0 Å². The molecule has 1 N–H and O–H groups in total. The van der Waals surface area contributed by atoms with Crippen molar-refractivity contribution in [1.82, 2.24) is 14.5 Å². The number of halogens is 1. The maximum atomic E-state index is 12.3. The molecule has 0 bridgehead atoms. The minimum absolute atomic E-state index is 0.0521. The van der Waals surface area contributed by atoms with E-state index in [1.165, 1.54) is 17.1 Å². The molecule has 2 aromatic heterocycles. The maximum absolute atomic E-state index is 12.3. The van der Waals surface area contributed by atoms with Gasteiger partial charge < -0.3 is 4.57 Å². The van der Waals surface area contributed by atoms with Crippen molar-refractivity contribution >= 4 is 38.2 Å². The molecule has 0 aliphatic rings. The molecule has 0 atom stereocenters. The van der Waals surface area contributed by atoms with Gasteiger partial charge in [-0.3, -0.25) is 9.71 Å². The first-order valence-corrected chi connectivity index (χ1v) is 7.88. The second kappa shape index (κ2) is 5.01. The number of anilines is 1. The molecule has 0 saturated heterocycles. The largest absolute Gasteiger partial charge is 0.324 e. The lowest BCUT2D eigenvalue weighted by atomic mass is 10.2. The third-order valence-corrected chi connectivity index (χ3v) is 4.80. The lowest BCUT2D eigenvalue weighted by molar-refractivity contribution is 0.598. The van der Waals surface area contributed by atoms with Crippen molar-refractivity contribution in [3.63, 3.8) is 0 Å². The Morgan fingerprint density at radius 2 is 2.00 bits per heavy atom. The SMILES string of the molecule is Cn1cnc(S(=O)(=O)Nc2cnc3ccccc3c2)c1Cl. The van der Waals surface area contributed by atoms with Gasteiger partial charge >= 0.3 is 0 Å². The Morgan fingerprint density at radius 3 is 2.71 bits per heavy atom. The Balaban J connectivity index is 1.99. The fourth-order valence-corrected chi connectivity index (χ4v) is 3.37. The maximum Gasteiger partial charge on any atom is 0.282 e. The van der Waals surface area contributed by atoms with E-state index in [-0.39, 0.29) is 10.2 Å². The quantitative estimate of drug-likeness (QED) is 0.803. The van der Waals surface area contributed by atoms with Crippen LogP contribution in [0.3, 0.4) is 0 Å². The van der Waals surface area contributed by atoms with Crippen LogP contribution in [0, 0.1) is 0 Å². The number of nitrogens with zero attached hydrogens (tertiary/aromatic N) is 3. The zero-order valence-electron chi connectivity index (χ0n) is 11.0. The van der Waals surface area contributed by atoms with E-state index in [0.29, 0.717) is 5.69 Å². The summed E-state index contributed by atoms with van der Waals surface area (Å²) in [5.74, 6) is 0. The van der Waals surface area contributed by atoms with Gasteiger partial charge in [0, 0.05) is 12.4 Å². The summed E-state index contributed by atoms with van der Waals surface area (Å²) in [5.41, 5.74) is 1.15. The van der Waals surface area contributed by atoms with Crippen LogP contribution >= 0.6 is 11.6 Å². The Bertz CT molecular complexity index is 921. The molecule has 0 fully saturated rings. The van der Waals surface area contributed by atoms with E-state index in [2.05, 4.69) is 14.7 Å². The van der Waals surface area contributed by atoms with Gasteiger partial charge in [-0.15, -0.1) is 0 Å². The topological polar surface area (TPSA) is 76.9 Å². The van der Waals surface area contributed by atoms with Gasteiger partial charge in [0.25, 0.3) is 10.0 Å². The zero-order valence-corrected chi connectivity index (χ0v) is 12.6. The molecule has 8 heteroatoms. The Morgan fingerprint density at radius 1 is 1.24 bits per heavy atom. The number of rotatable bonds is 3. The van der Waals surface area contributed by atoms with Crippen LogP contribution < -0.4 is 4.72 Å². The summed E-state index contributed by atoms with van der Waals surface area (Å²) in [6.45, 7) is 0. The third-order valence-electron chi connectivity index (χ3n) is 2.93. The lowest BCUT2D eigenvalue weighted by Crippen LogP contribution is -2.14. The minimum Gasteiger partial charge on any atom is -0.324 e. The molecule has 1 aromatic carbocycles. The normalized spacial score (nSPS) is 11.7. The van der Waals surface area contributed by atoms with Crippen LogP contribution in [0.15, 0.2) is 47.9 Å². The molecule has 0 saturated carbocycles. The van der Waals surface area contributed by atoms with Crippen molar-refractivity contribution in [2.45, 2.75) is 5.03 Å². The fraction of sp³-hybridized carbons (Fsp3) is 0.0769. The summed E-state index contributed by atoms with van der Waals surface area (Å²) in [6.07, 6.45) is 2.80. The van der Waals surface area contributed by atoms with Crippen LogP contribution in [0.25, 0.3) is 10.9 Å². The van der Waals surface area contributed by atoms with Crippen LogP contribution in [-0.4, -0.2) is 23.0 Å². The Hall–Kier alpha value is -2.12. The highest BCUT2D eigenvalue weighted by Gasteiger charge is 2.22. The first-order valence-electron chi connectivity index (χ1n) is 6.02. The highest BCUT2D eigenvalue weighted by Crippen LogP contribution is 2.23. The molecule has 3 rings (SSSR count). The second-order valence-electron chi connectivity index (χ2n) is 4.47. The number of pyridine rings is 1. The molecule has 6 nitrogen and oxygen atoms in total. The average Bonchev–Trinajstić information content (AvgIpc) is 2.79. The average molecular weight is 323 g/mol. The predicted octanol–water partition coefficient (Wildman–Crippen LogP) is 2.42. The van der Waals surface area contributed by atoms with Crippen LogP contribution in [0.4, 0.5) is 5.69 Å². The van der Waals surface area contributed by atoms with Crippen LogP contribution in [-0.2, 0) is 17.1 Å². The molecule has 108 valence electrons. The second-order valence-corrected chi connectivity index (χ2v) is 6.43. The van der Waals surface area contributed by atoms with Crippen LogP contribution in [0.1, 0.15) is 0 Å². The summed E-state index contributed by atoms with van der Waals surface area (Å²) in [6, 6.07) is 9.14. The Kier molecular flexibility index (Phi) is 3.30. The first-order chi connectivity index (χ1) is 9.97. The summed E-state index contributed by atoms with van der Waals surface area (Å²) in [4.78, 5) is 8.01. The van der Waals surface area contributed by atoms with Gasteiger partial charge in [-0.05, 0) is 12.1 Å². The van der Waals surface area contributed by atoms with E-state index >= 15 is 0 Å². The van der Waals surface area contributed by atoms with Crippen LogP contribution in [0.5, 0.6) is 0 Å². The van der Waals surface area contributed by atoms with Crippen LogP contribution in [0.2, 0.25) is 5.15 Å². The van der Waals surface area contributed by atoms with Crippen molar-refractivity contribution in [3.8, 4) is 0 Å². The van der Waals surface area contributed by atoms with E-state index < -0.39 is 10.0 Å². The van der Waals surface area contributed by atoms with Gasteiger partial charge in [0.1, 0.15) is 5.15 Å². The molecule has 2 heterocycles. The summed E-state index contributed by atoms with van der Waals surface area (Å²) >= 11 is 5.92. The van der Waals surface area contributed by atoms with Gasteiger partial charge in [0.05, 0.1) is 23.7 Å². The standard InChI is InChI=1S/C13H11ClN4O2S/c1-18-8-16-13(12(18)14)21(19,20)17-10-6-9-4-2-3-5-11(9)15-7-10/h2-8,17H,1H3. The number of para-hydroxylation sites is 1. The number of nitrogens with one attached hydrogen (secondary N) is 1. The summed E-state index contributed by atoms with van der Waals surface area (Å²) < 4.78 is 28.4. The smallest absolute Gasteiger partial charge is 0.282 e. The van der Waals surface area contributed by atoms with E-state index in [9.17, 15) is 8.42 Å². The lowest BCUT2D eigenvalue weighted by Gasteiger charge is -2.07. The van der Waals surface area contributed by atoms with Crippen molar-refractivity contribution in [3.05, 3.63) is 48.0 Å². The number of aromatic nitrogens is 3. The first kappa shape index (κ1) is 13.8. The minimum atomic E-state index is -3.85. The molecule has 0 aliphatic carbocycles. The van der Waals surface area contributed by atoms with Gasteiger partial charge in [-0.1, -0.05) is 29.8 Å². The van der Waals surface area contributed by atoms with E-state index in [1.54, 1.807) is 13.1 Å². The summed E-state index contributed by atoms with van der Waals surface area (Å²) in [7, 11) is -2.23. The number of benzene rings is 1. The van der Waals surface area contributed by atoms with Gasteiger partial charge in [-0.2, -0.15) is 8.42 Å². The van der Waals surface area contributed by atoms with Gasteiger partial charge in [-0.25, -0.2) is 4.98 Å². The van der Waals surface area contributed by atoms with Crippen molar-refractivity contribution in [2.75, 3.05) is 4.72 Å². The molecule has 3 aromatic rings. The van der Waals surface area contributed by atoms with E-state index in [4.69, 9.17) is 11.6 Å². The Labute approximate surface area is 126 Å². The number of hydrogen-bond donors (Lipinski definition) is 1. The number of sulfonamides is 1. The molecule has 0 unspecified atom stereocenters. The molecule has 0 amide bonds. The molecule has 0 spiro atoms. The molecular weight excluding hydrogens is 312 g/mol. The predicted molar refractivity (Wildman–Crippen MR) is 80.8 cm³/mol. The number of hydrogen-bond acceptors (Lipinski definition) is 4. The van der Waals surface area contributed by atoms with E-state index in [1.807, 2.05) is 24.3 Å².